The van der Waals surface area contributed by atoms with Crippen molar-refractivity contribution in [3.05, 3.63) is 16.3 Å². The van der Waals surface area contributed by atoms with Gasteiger partial charge in [-0.15, -0.1) is 11.3 Å². The number of thiophene rings is 1. The second-order valence-electron chi connectivity index (χ2n) is 5.09. The minimum absolute atomic E-state index is 0.131. The number of carboxylic acid groups (broad SMARTS) is 1. The molecule has 3 N–H and O–H groups in total. The highest BCUT2D eigenvalue weighted by Crippen LogP contribution is 2.23. The minimum Gasteiger partial charge on any atom is -0.495 e. The van der Waals surface area contributed by atoms with Gasteiger partial charge in [-0.1, -0.05) is 13.8 Å². The van der Waals surface area contributed by atoms with Crippen molar-refractivity contribution in [2.45, 2.75) is 26.3 Å². The molecule has 2 amide bonds. The molecule has 0 unspecified atom stereocenters. The van der Waals surface area contributed by atoms with Crippen molar-refractivity contribution in [1.82, 2.24) is 10.6 Å². The Labute approximate surface area is 132 Å². The first-order valence-corrected chi connectivity index (χ1v) is 7.65. The molecule has 22 heavy (non-hydrogen) atoms. The molecule has 1 atom stereocenters. The maximum absolute atomic E-state index is 11.9. The first kappa shape index (κ1) is 18.0. The number of hydrogen-bond donors (Lipinski definition) is 3. The number of carboxylic acids is 1. The fourth-order valence-corrected chi connectivity index (χ4v) is 2.58. The van der Waals surface area contributed by atoms with Crippen LogP contribution >= 0.6 is 11.3 Å². The van der Waals surface area contributed by atoms with E-state index >= 15 is 0 Å². The smallest absolute Gasteiger partial charge is 0.326 e. The third-order valence-corrected chi connectivity index (χ3v) is 3.70. The fourth-order valence-electron chi connectivity index (χ4n) is 1.80. The van der Waals surface area contributed by atoms with E-state index in [1.54, 1.807) is 11.4 Å². The van der Waals surface area contributed by atoms with Crippen LogP contribution < -0.4 is 15.4 Å². The van der Waals surface area contributed by atoms with Gasteiger partial charge >= 0.3 is 5.97 Å². The first-order valence-electron chi connectivity index (χ1n) is 6.77. The average Bonchev–Trinajstić information content (AvgIpc) is 2.91. The van der Waals surface area contributed by atoms with Crippen molar-refractivity contribution in [1.29, 1.82) is 0 Å². The molecule has 122 valence electrons. The number of nitrogens with one attached hydrogen (secondary N) is 2. The third kappa shape index (κ3) is 5.36. The summed E-state index contributed by atoms with van der Waals surface area (Å²) in [4.78, 5) is 35.1. The maximum atomic E-state index is 11.9. The molecule has 0 aliphatic rings. The number of ether oxygens (including phenoxy) is 1. The zero-order chi connectivity index (χ0) is 16.7. The Morgan fingerprint density at radius 2 is 2.05 bits per heavy atom. The van der Waals surface area contributed by atoms with E-state index in [-0.39, 0.29) is 12.5 Å². The van der Waals surface area contributed by atoms with Crippen LogP contribution in [0.1, 0.15) is 29.9 Å². The van der Waals surface area contributed by atoms with Crippen LogP contribution in [0, 0.1) is 5.92 Å². The standard InChI is InChI=1S/C14H20N2O5S/c1-8(2)6-9(14(19)20)16-11(17)7-15-13(18)12-10(21-3)4-5-22-12/h4-5,8-9H,6-7H2,1-3H3,(H,15,18)(H,16,17)(H,19,20)/t9-/m0/s1. The summed E-state index contributed by atoms with van der Waals surface area (Å²) in [6.45, 7) is 3.45. The number of carbonyl (C=O) groups is 3. The summed E-state index contributed by atoms with van der Waals surface area (Å²) in [5.41, 5.74) is 0. The second kappa shape index (κ2) is 8.38. The molecule has 8 heteroatoms. The van der Waals surface area contributed by atoms with Crippen molar-refractivity contribution in [2.24, 2.45) is 5.92 Å². The summed E-state index contributed by atoms with van der Waals surface area (Å²) >= 11 is 1.20. The molecule has 0 saturated carbocycles. The minimum atomic E-state index is -1.09. The fraction of sp³-hybridized carbons (Fsp3) is 0.500. The molecule has 7 nitrogen and oxygen atoms in total. The molecule has 0 fully saturated rings. The number of rotatable bonds is 8. The second-order valence-corrected chi connectivity index (χ2v) is 6.00. The molecule has 0 radical (unpaired) electrons. The predicted octanol–water partition coefficient (Wildman–Crippen LogP) is 1.10. The highest BCUT2D eigenvalue weighted by molar-refractivity contribution is 7.12. The Balaban J connectivity index is 2.51. The number of hydrogen-bond acceptors (Lipinski definition) is 5. The third-order valence-electron chi connectivity index (χ3n) is 2.81. The van der Waals surface area contributed by atoms with Crippen molar-refractivity contribution in [2.75, 3.05) is 13.7 Å². The van der Waals surface area contributed by atoms with E-state index in [1.165, 1.54) is 18.4 Å². The summed E-state index contributed by atoms with van der Waals surface area (Å²) in [5.74, 6) is -1.50. The lowest BCUT2D eigenvalue weighted by molar-refractivity contribution is -0.142. The Bertz CT molecular complexity index is 541. The Morgan fingerprint density at radius 3 is 2.59 bits per heavy atom. The summed E-state index contributed by atoms with van der Waals surface area (Å²) in [6, 6.07) is 0.698. The van der Waals surface area contributed by atoms with Gasteiger partial charge in [0.2, 0.25) is 5.91 Å². The monoisotopic (exact) mass is 328 g/mol. The van der Waals surface area contributed by atoms with Crippen LogP contribution in [0.4, 0.5) is 0 Å². The molecule has 1 aromatic rings. The molecule has 0 aliphatic carbocycles. The van der Waals surface area contributed by atoms with Gasteiger partial charge in [-0.3, -0.25) is 9.59 Å². The van der Waals surface area contributed by atoms with Crippen LogP contribution in [0.3, 0.4) is 0 Å². The molecule has 1 aromatic heterocycles. The van der Waals surface area contributed by atoms with Gasteiger partial charge in [-0.2, -0.15) is 0 Å². The summed E-state index contributed by atoms with van der Waals surface area (Å²) in [6.07, 6.45) is 0.327. The van der Waals surface area contributed by atoms with E-state index in [9.17, 15) is 14.4 Å². The van der Waals surface area contributed by atoms with Crippen LogP contribution in [-0.2, 0) is 9.59 Å². The van der Waals surface area contributed by atoms with Gasteiger partial charge in [-0.05, 0) is 23.8 Å². The van der Waals surface area contributed by atoms with Crippen molar-refractivity contribution in [3.8, 4) is 5.75 Å². The highest BCUT2D eigenvalue weighted by atomic mass is 32.1. The van der Waals surface area contributed by atoms with Crippen molar-refractivity contribution in [3.63, 3.8) is 0 Å². The molecule has 1 heterocycles. The number of amides is 2. The van der Waals surface area contributed by atoms with Crippen LogP contribution in [0.15, 0.2) is 11.4 Å². The molecule has 1 rings (SSSR count). The van der Waals surface area contributed by atoms with E-state index in [2.05, 4.69) is 10.6 Å². The van der Waals surface area contributed by atoms with Gasteiger partial charge < -0.3 is 20.5 Å². The lowest BCUT2D eigenvalue weighted by Crippen LogP contribution is -2.46. The topological polar surface area (TPSA) is 105 Å². The van der Waals surface area contributed by atoms with Crippen LogP contribution in [-0.4, -0.2) is 42.6 Å². The molecule has 0 aromatic carbocycles. The molecular weight excluding hydrogens is 308 g/mol. The molecular formula is C14H20N2O5S. The Morgan fingerprint density at radius 1 is 1.36 bits per heavy atom. The van der Waals surface area contributed by atoms with E-state index in [0.29, 0.717) is 17.0 Å². The van der Waals surface area contributed by atoms with E-state index in [4.69, 9.17) is 9.84 Å². The van der Waals surface area contributed by atoms with Crippen LogP contribution in [0.2, 0.25) is 0 Å². The summed E-state index contributed by atoms with van der Waals surface area (Å²) in [7, 11) is 1.45. The highest BCUT2D eigenvalue weighted by Gasteiger charge is 2.21. The maximum Gasteiger partial charge on any atom is 0.326 e. The van der Waals surface area contributed by atoms with Crippen molar-refractivity contribution >= 4 is 29.1 Å². The van der Waals surface area contributed by atoms with E-state index < -0.39 is 23.8 Å². The number of methoxy groups -OCH3 is 1. The van der Waals surface area contributed by atoms with E-state index in [1.807, 2.05) is 13.8 Å². The molecule has 0 aliphatic heterocycles. The molecule has 0 saturated heterocycles. The molecule has 0 bridgehead atoms. The predicted molar refractivity (Wildman–Crippen MR) is 82.2 cm³/mol. The first-order chi connectivity index (χ1) is 10.3. The largest absolute Gasteiger partial charge is 0.495 e. The van der Waals surface area contributed by atoms with Gasteiger partial charge in [0.1, 0.15) is 16.7 Å². The van der Waals surface area contributed by atoms with Crippen LogP contribution in [0.5, 0.6) is 5.75 Å². The van der Waals surface area contributed by atoms with Gasteiger partial charge in [-0.25, -0.2) is 4.79 Å². The zero-order valence-corrected chi connectivity index (χ0v) is 13.5. The van der Waals surface area contributed by atoms with Crippen molar-refractivity contribution < 1.29 is 24.2 Å². The average molecular weight is 328 g/mol. The zero-order valence-electron chi connectivity index (χ0n) is 12.7. The molecule has 0 spiro atoms. The normalized spacial score (nSPS) is 11.8. The van der Waals surface area contributed by atoms with Gasteiger partial charge in [0.25, 0.3) is 5.91 Å². The Kier molecular flexibility index (Phi) is 6.84. The number of carbonyl (C=O) groups excluding carboxylic acids is 2. The lowest BCUT2D eigenvalue weighted by atomic mass is 10.0. The van der Waals surface area contributed by atoms with E-state index in [0.717, 1.165) is 0 Å². The number of aliphatic carboxylic acids is 1. The summed E-state index contributed by atoms with van der Waals surface area (Å²) in [5, 5.41) is 15.6. The quantitative estimate of drug-likeness (QED) is 0.663. The lowest BCUT2D eigenvalue weighted by Gasteiger charge is -2.16. The van der Waals surface area contributed by atoms with Gasteiger partial charge in [0.05, 0.1) is 13.7 Å². The van der Waals surface area contributed by atoms with Gasteiger partial charge in [0.15, 0.2) is 0 Å². The summed E-state index contributed by atoms with van der Waals surface area (Å²) < 4.78 is 5.02. The Hall–Kier alpha value is -2.09. The SMILES string of the molecule is COc1ccsc1C(=O)NCC(=O)N[C@@H](CC(C)C)C(=O)O. The van der Waals surface area contributed by atoms with Crippen LogP contribution in [0.25, 0.3) is 0 Å². The van der Waals surface area contributed by atoms with Gasteiger partial charge in [0, 0.05) is 0 Å².